The highest BCUT2D eigenvalue weighted by molar-refractivity contribution is 7.07. The summed E-state index contributed by atoms with van der Waals surface area (Å²) in [6.45, 7) is 9.22. The zero-order chi connectivity index (χ0) is 15.5. The number of imidazole rings is 1. The van der Waals surface area contributed by atoms with E-state index in [2.05, 4.69) is 42.4 Å². The summed E-state index contributed by atoms with van der Waals surface area (Å²) in [4.78, 5) is 9.68. The van der Waals surface area contributed by atoms with Gasteiger partial charge in [0.1, 0.15) is 5.82 Å². The molecule has 0 saturated carbocycles. The van der Waals surface area contributed by atoms with Crippen LogP contribution in [0.4, 0.5) is 0 Å². The van der Waals surface area contributed by atoms with Crippen LogP contribution in [0.5, 0.6) is 0 Å². The molecule has 5 nitrogen and oxygen atoms in total. The highest BCUT2D eigenvalue weighted by Gasteiger charge is 2.25. The number of ether oxygens (including phenoxy) is 1. The average molecular weight is 332 g/mol. The monoisotopic (exact) mass is 332 g/mol. The van der Waals surface area contributed by atoms with Crippen LogP contribution >= 0.6 is 11.3 Å². The third-order valence-electron chi connectivity index (χ3n) is 4.74. The van der Waals surface area contributed by atoms with Gasteiger partial charge in [0, 0.05) is 57.6 Å². The Morgan fingerprint density at radius 2 is 2.13 bits per heavy atom. The van der Waals surface area contributed by atoms with Crippen molar-refractivity contribution in [3.8, 4) is 0 Å². The third-order valence-corrected chi connectivity index (χ3v) is 5.48. The Balaban J connectivity index is 1.47. The lowest BCUT2D eigenvalue weighted by molar-refractivity contribution is 0.0265. The van der Waals surface area contributed by atoms with Gasteiger partial charge in [0.2, 0.25) is 0 Å². The van der Waals surface area contributed by atoms with Crippen LogP contribution in [0.25, 0.3) is 0 Å². The van der Waals surface area contributed by atoms with Gasteiger partial charge in [-0.1, -0.05) is 0 Å². The van der Waals surface area contributed by atoms with Crippen LogP contribution in [0, 0.1) is 5.92 Å². The van der Waals surface area contributed by atoms with E-state index in [-0.39, 0.29) is 0 Å². The van der Waals surface area contributed by atoms with Crippen molar-refractivity contribution in [1.82, 2.24) is 19.4 Å². The maximum Gasteiger partial charge on any atom is 0.122 e. The van der Waals surface area contributed by atoms with Crippen LogP contribution < -0.4 is 0 Å². The second kappa shape index (κ2) is 7.13. The van der Waals surface area contributed by atoms with Gasteiger partial charge in [0.15, 0.2) is 0 Å². The van der Waals surface area contributed by atoms with Crippen LogP contribution in [-0.2, 0) is 24.4 Å². The van der Waals surface area contributed by atoms with Gasteiger partial charge in [-0.25, -0.2) is 4.98 Å². The molecular formula is C17H24N4OS. The summed E-state index contributed by atoms with van der Waals surface area (Å²) in [5, 5.41) is 4.42. The molecule has 1 atom stereocenters. The van der Waals surface area contributed by atoms with E-state index < -0.39 is 0 Å². The fourth-order valence-electron chi connectivity index (χ4n) is 3.65. The second-order valence-electron chi connectivity index (χ2n) is 6.58. The molecular weight excluding hydrogens is 308 g/mol. The Morgan fingerprint density at radius 3 is 2.96 bits per heavy atom. The summed E-state index contributed by atoms with van der Waals surface area (Å²) < 4.78 is 7.83. The lowest BCUT2D eigenvalue weighted by atomic mass is 10.1. The number of fused-ring (bicyclic) bond motifs is 1. The highest BCUT2D eigenvalue weighted by Crippen LogP contribution is 2.20. The average Bonchev–Trinajstić information content (AvgIpc) is 3.18. The quantitative estimate of drug-likeness (QED) is 0.856. The maximum absolute atomic E-state index is 5.48. The summed E-state index contributed by atoms with van der Waals surface area (Å²) in [6.07, 6.45) is 4.07. The Labute approximate surface area is 141 Å². The van der Waals surface area contributed by atoms with E-state index in [1.54, 1.807) is 11.3 Å². The Morgan fingerprint density at radius 1 is 1.22 bits per heavy atom. The van der Waals surface area contributed by atoms with Crippen LogP contribution in [0.15, 0.2) is 29.2 Å². The molecule has 4 rings (SSSR count). The predicted molar refractivity (Wildman–Crippen MR) is 91.4 cm³/mol. The number of hydrogen-bond acceptors (Lipinski definition) is 5. The van der Waals surface area contributed by atoms with Gasteiger partial charge in [-0.3, -0.25) is 9.80 Å². The molecule has 4 heterocycles. The van der Waals surface area contributed by atoms with Crippen LogP contribution in [0.3, 0.4) is 0 Å². The summed E-state index contributed by atoms with van der Waals surface area (Å²) in [5.41, 5.74) is 1.42. The van der Waals surface area contributed by atoms with Crippen LogP contribution in [0.1, 0.15) is 11.4 Å². The maximum atomic E-state index is 5.48. The van der Waals surface area contributed by atoms with E-state index in [4.69, 9.17) is 4.74 Å². The standard InChI is InChI=1S/C17H24N4OS/c1-8-23-14-15(1)9-20-11-16(10-19-4-6-22-7-5-19)12-21-3-2-18-17(21)13-20/h1-3,8,14,16H,4-7,9-13H2/t16-/m0/s1. The van der Waals surface area contributed by atoms with E-state index in [9.17, 15) is 0 Å². The number of aromatic nitrogens is 2. The molecule has 0 amide bonds. The first-order valence-electron chi connectivity index (χ1n) is 8.40. The van der Waals surface area contributed by atoms with Crippen LogP contribution in [0.2, 0.25) is 0 Å². The lowest BCUT2D eigenvalue weighted by Crippen LogP contribution is -2.42. The number of nitrogens with zero attached hydrogens (tertiary/aromatic N) is 4. The fourth-order valence-corrected chi connectivity index (χ4v) is 4.31. The SMILES string of the molecule is c1cn2c(n1)CN(Cc1ccsc1)C[C@H](CN1CCOCC1)C2. The molecule has 124 valence electrons. The van der Waals surface area contributed by atoms with Gasteiger partial charge in [0.05, 0.1) is 19.8 Å². The number of rotatable bonds is 4. The van der Waals surface area contributed by atoms with Crippen molar-refractivity contribution in [3.05, 3.63) is 40.6 Å². The summed E-state index contributed by atoms with van der Waals surface area (Å²) in [5.74, 6) is 1.84. The van der Waals surface area contributed by atoms with Crippen molar-refractivity contribution in [2.24, 2.45) is 5.92 Å². The van der Waals surface area contributed by atoms with Crippen LogP contribution in [-0.4, -0.2) is 58.7 Å². The Kier molecular flexibility index (Phi) is 4.75. The first-order valence-corrected chi connectivity index (χ1v) is 9.34. The zero-order valence-corrected chi connectivity index (χ0v) is 14.2. The number of morpholine rings is 1. The minimum Gasteiger partial charge on any atom is -0.379 e. The molecule has 0 spiro atoms. The minimum atomic E-state index is 0.641. The molecule has 1 fully saturated rings. The Hall–Kier alpha value is -1.21. The molecule has 23 heavy (non-hydrogen) atoms. The summed E-state index contributed by atoms with van der Waals surface area (Å²) in [6, 6.07) is 2.24. The first kappa shape index (κ1) is 15.3. The number of hydrogen-bond donors (Lipinski definition) is 0. The van der Waals surface area contributed by atoms with E-state index in [0.29, 0.717) is 5.92 Å². The van der Waals surface area contributed by atoms with Gasteiger partial charge in [-0.05, 0) is 22.4 Å². The predicted octanol–water partition coefficient (Wildman–Crippen LogP) is 1.91. The molecule has 2 aliphatic rings. The van der Waals surface area contributed by atoms with Crippen molar-refractivity contribution < 1.29 is 4.74 Å². The summed E-state index contributed by atoms with van der Waals surface area (Å²) >= 11 is 1.78. The topological polar surface area (TPSA) is 33.5 Å². The smallest absolute Gasteiger partial charge is 0.122 e. The second-order valence-corrected chi connectivity index (χ2v) is 7.36. The molecule has 0 unspecified atom stereocenters. The van der Waals surface area contributed by atoms with Crippen molar-refractivity contribution in [3.63, 3.8) is 0 Å². The molecule has 0 bridgehead atoms. The lowest BCUT2D eigenvalue weighted by Gasteiger charge is -2.31. The highest BCUT2D eigenvalue weighted by atomic mass is 32.1. The molecule has 2 aromatic rings. The molecule has 2 aliphatic heterocycles. The molecule has 6 heteroatoms. The molecule has 0 N–H and O–H groups in total. The van der Waals surface area contributed by atoms with Crippen molar-refractivity contribution >= 4 is 11.3 Å². The van der Waals surface area contributed by atoms with Gasteiger partial charge in [-0.15, -0.1) is 0 Å². The largest absolute Gasteiger partial charge is 0.379 e. The van der Waals surface area contributed by atoms with E-state index in [0.717, 1.165) is 59.0 Å². The van der Waals surface area contributed by atoms with Gasteiger partial charge < -0.3 is 9.30 Å². The number of thiophene rings is 1. The van der Waals surface area contributed by atoms with Crippen molar-refractivity contribution in [1.29, 1.82) is 0 Å². The molecule has 0 radical (unpaired) electrons. The normalized spacial score (nSPS) is 23.6. The fraction of sp³-hybridized carbons (Fsp3) is 0.588. The third kappa shape index (κ3) is 3.83. The Bertz CT molecular complexity index is 606. The van der Waals surface area contributed by atoms with Gasteiger partial charge >= 0.3 is 0 Å². The molecule has 2 aromatic heterocycles. The van der Waals surface area contributed by atoms with Gasteiger partial charge in [-0.2, -0.15) is 11.3 Å². The minimum absolute atomic E-state index is 0.641. The molecule has 1 saturated heterocycles. The summed E-state index contributed by atoms with van der Waals surface area (Å²) in [7, 11) is 0. The van der Waals surface area contributed by atoms with Crippen molar-refractivity contribution in [2.45, 2.75) is 19.6 Å². The van der Waals surface area contributed by atoms with E-state index in [1.807, 2.05) is 6.20 Å². The zero-order valence-electron chi connectivity index (χ0n) is 13.4. The first-order chi connectivity index (χ1) is 11.4. The van der Waals surface area contributed by atoms with Gasteiger partial charge in [0.25, 0.3) is 0 Å². The van der Waals surface area contributed by atoms with Crippen molar-refractivity contribution in [2.75, 3.05) is 39.4 Å². The van der Waals surface area contributed by atoms with E-state index in [1.165, 1.54) is 11.4 Å². The van der Waals surface area contributed by atoms with E-state index >= 15 is 0 Å². The molecule has 0 aliphatic carbocycles. The molecule has 0 aromatic carbocycles.